The molecule has 3 heterocycles. The topological polar surface area (TPSA) is 68.3 Å². The van der Waals surface area contributed by atoms with E-state index in [2.05, 4.69) is 11.1 Å². The maximum atomic E-state index is 5.57. The van der Waals surface area contributed by atoms with Crippen LogP contribution in [0.4, 0.5) is 0 Å². The normalized spacial score (nSPS) is 12.5. The van der Waals surface area contributed by atoms with Gasteiger partial charge in [-0.05, 0) is 36.4 Å². The van der Waals surface area contributed by atoms with Gasteiger partial charge in [0.15, 0.2) is 0 Å². The molecule has 3 aromatic rings. The maximum absolute atomic E-state index is 5.57. The second-order valence-corrected chi connectivity index (χ2v) is 14.7. The molecule has 0 aliphatic rings. The predicted molar refractivity (Wildman–Crippen MR) is 124 cm³/mol. The average molecular weight is 484 g/mol. The van der Waals surface area contributed by atoms with E-state index in [0.29, 0.717) is 0 Å². The van der Waals surface area contributed by atoms with E-state index in [9.17, 15) is 0 Å². The van der Waals surface area contributed by atoms with Gasteiger partial charge in [-0.25, -0.2) is 0 Å². The van der Waals surface area contributed by atoms with Gasteiger partial charge in [0, 0.05) is 59.3 Å². The summed E-state index contributed by atoms with van der Waals surface area (Å²) in [5.41, 5.74) is 1.90. The lowest BCUT2D eigenvalue weighted by Crippen LogP contribution is -2.53. The van der Waals surface area contributed by atoms with Gasteiger partial charge in [0.25, 0.3) is 0 Å². The first-order chi connectivity index (χ1) is 14.5. The van der Waals surface area contributed by atoms with E-state index >= 15 is 0 Å². The molecule has 0 unspecified atom stereocenters. The second kappa shape index (κ2) is 9.91. The Morgan fingerprint density at radius 3 is 1.50 bits per heavy atom. The number of hydrogen-bond acceptors (Lipinski definition) is 9. The molecule has 0 radical (unpaired) electrons. The molecule has 0 fully saturated rings. The van der Waals surface area contributed by atoms with Crippen LogP contribution < -0.4 is 9.00 Å². The van der Waals surface area contributed by atoms with Gasteiger partial charge in [0.05, 0.1) is 19.6 Å². The molecule has 0 bridgehead atoms. The molecule has 162 valence electrons. The molecule has 11 heteroatoms. The van der Waals surface area contributed by atoms with E-state index in [4.69, 9.17) is 26.6 Å². The van der Waals surface area contributed by atoms with E-state index in [-0.39, 0.29) is 0 Å². The van der Waals surface area contributed by atoms with E-state index in [0.717, 1.165) is 30.0 Å². The lowest BCUT2D eigenvalue weighted by molar-refractivity contribution is 0.140. The molecule has 0 saturated heterocycles. The highest BCUT2D eigenvalue weighted by Crippen LogP contribution is 2.29. The van der Waals surface area contributed by atoms with Crippen molar-refractivity contribution in [3.63, 3.8) is 0 Å². The SMILES string of the molecule is CO[Si](OC)(OC)c1ccc(-c2ccc(-c3ccc([Si](OC)(OC)OC)s3)nc2)s1. The molecule has 0 atom stereocenters. The lowest BCUT2D eigenvalue weighted by Gasteiger charge is -2.22. The van der Waals surface area contributed by atoms with Crippen LogP contribution in [0.2, 0.25) is 0 Å². The molecule has 0 aromatic carbocycles. The Morgan fingerprint density at radius 1 is 0.600 bits per heavy atom. The van der Waals surface area contributed by atoms with Crippen LogP contribution in [0.15, 0.2) is 42.6 Å². The zero-order chi connectivity index (χ0) is 21.8. The summed E-state index contributed by atoms with van der Waals surface area (Å²) in [4.78, 5) is 6.75. The largest absolute Gasteiger partial charge is 0.546 e. The molecule has 0 amide bonds. The number of thiophene rings is 2. The zero-order valence-corrected chi connectivity index (χ0v) is 21.4. The maximum Gasteiger partial charge on any atom is 0.546 e. The lowest BCUT2D eigenvalue weighted by atomic mass is 10.2. The summed E-state index contributed by atoms with van der Waals surface area (Å²) >= 11 is 3.16. The summed E-state index contributed by atoms with van der Waals surface area (Å²) in [7, 11) is 3.99. The van der Waals surface area contributed by atoms with Crippen molar-refractivity contribution in [1.29, 1.82) is 0 Å². The first kappa shape index (κ1) is 23.4. The van der Waals surface area contributed by atoms with Crippen molar-refractivity contribution in [2.24, 2.45) is 0 Å². The first-order valence-electron chi connectivity index (χ1n) is 8.99. The van der Waals surface area contributed by atoms with Crippen molar-refractivity contribution in [3.8, 4) is 21.0 Å². The van der Waals surface area contributed by atoms with Crippen molar-refractivity contribution in [2.45, 2.75) is 0 Å². The monoisotopic (exact) mass is 483 g/mol. The molecule has 0 aliphatic carbocycles. The fourth-order valence-corrected chi connectivity index (χ4v) is 10.5. The third-order valence-corrected chi connectivity index (χ3v) is 13.5. The van der Waals surface area contributed by atoms with Crippen LogP contribution in [0.1, 0.15) is 0 Å². The smallest absolute Gasteiger partial charge is 0.373 e. The Morgan fingerprint density at radius 2 is 1.07 bits per heavy atom. The van der Waals surface area contributed by atoms with E-state index in [1.807, 2.05) is 36.5 Å². The van der Waals surface area contributed by atoms with Crippen LogP contribution in [0.3, 0.4) is 0 Å². The zero-order valence-electron chi connectivity index (χ0n) is 17.8. The first-order valence-corrected chi connectivity index (χ1v) is 14.1. The number of pyridine rings is 1. The van der Waals surface area contributed by atoms with Crippen LogP contribution in [0, 0.1) is 0 Å². The highest BCUT2D eigenvalue weighted by atomic mass is 32.1. The van der Waals surface area contributed by atoms with Crippen molar-refractivity contribution < 1.29 is 26.6 Å². The molecular weight excluding hydrogens is 459 g/mol. The molecule has 30 heavy (non-hydrogen) atoms. The standard InChI is InChI=1S/C19H25NO6S2Si2/c1-21-29(22-2,23-3)18-11-9-16(27-18)14-7-8-15(20-13-14)17-10-12-19(28-17)30(24-4,25-5)26-6/h7-13H,1-6H3. The summed E-state index contributed by atoms with van der Waals surface area (Å²) in [5, 5.41) is 0. The van der Waals surface area contributed by atoms with Gasteiger partial charge in [0.1, 0.15) is 0 Å². The molecular formula is C19H25NO6S2Si2. The van der Waals surface area contributed by atoms with Crippen LogP contribution in [0.5, 0.6) is 0 Å². The van der Waals surface area contributed by atoms with E-state index < -0.39 is 17.6 Å². The summed E-state index contributed by atoms with van der Waals surface area (Å²) in [6.07, 6.45) is 1.87. The fourth-order valence-electron chi connectivity index (χ4n) is 3.09. The average Bonchev–Trinajstić information content (AvgIpc) is 3.49. The summed E-state index contributed by atoms with van der Waals surface area (Å²) in [6, 6.07) is 12.1. The Bertz CT molecular complexity index is 860. The molecule has 7 nitrogen and oxygen atoms in total. The minimum absolute atomic E-state index is 0.882. The Labute approximate surface area is 186 Å². The molecule has 0 spiro atoms. The molecule has 0 saturated carbocycles. The third kappa shape index (κ3) is 4.23. The van der Waals surface area contributed by atoms with Crippen LogP contribution in [-0.4, -0.2) is 65.3 Å². The number of nitrogens with zero attached hydrogens (tertiary/aromatic N) is 1. The van der Waals surface area contributed by atoms with Gasteiger partial charge in [-0.2, -0.15) is 0 Å². The van der Waals surface area contributed by atoms with E-state index in [1.54, 1.807) is 65.3 Å². The summed E-state index contributed by atoms with van der Waals surface area (Å²) in [5.74, 6) is 0. The minimum atomic E-state index is -2.83. The van der Waals surface area contributed by atoms with Gasteiger partial charge < -0.3 is 26.6 Å². The van der Waals surface area contributed by atoms with Crippen molar-refractivity contribution in [2.75, 3.05) is 42.7 Å². The number of hydrogen-bond donors (Lipinski definition) is 0. The van der Waals surface area contributed by atoms with Crippen molar-refractivity contribution in [1.82, 2.24) is 4.98 Å². The quantitative estimate of drug-likeness (QED) is 0.411. The second-order valence-electron chi connectivity index (χ2n) is 6.10. The van der Waals surface area contributed by atoms with E-state index in [1.165, 1.54) is 0 Å². The number of rotatable bonds is 10. The fraction of sp³-hybridized carbons (Fsp3) is 0.316. The van der Waals surface area contributed by atoms with Gasteiger partial charge >= 0.3 is 17.6 Å². The highest BCUT2D eigenvalue weighted by molar-refractivity contribution is 7.27. The van der Waals surface area contributed by atoms with Crippen molar-refractivity contribution >= 4 is 49.3 Å². The third-order valence-electron chi connectivity index (χ3n) is 4.73. The van der Waals surface area contributed by atoms with Gasteiger partial charge in [0.2, 0.25) is 0 Å². The predicted octanol–water partition coefficient (Wildman–Crippen LogP) is 2.71. The molecule has 3 rings (SSSR count). The van der Waals surface area contributed by atoms with Gasteiger partial charge in [-0.3, -0.25) is 4.98 Å². The Hall–Kier alpha value is -1.26. The minimum Gasteiger partial charge on any atom is -0.373 e. The van der Waals surface area contributed by atoms with Crippen LogP contribution >= 0.6 is 22.7 Å². The summed E-state index contributed by atoms with van der Waals surface area (Å²) in [6.45, 7) is 0. The van der Waals surface area contributed by atoms with Crippen LogP contribution in [-0.2, 0) is 26.6 Å². The van der Waals surface area contributed by atoms with Gasteiger partial charge in [-0.1, -0.05) is 0 Å². The van der Waals surface area contributed by atoms with Gasteiger partial charge in [-0.15, -0.1) is 22.7 Å². The van der Waals surface area contributed by atoms with Crippen molar-refractivity contribution in [3.05, 3.63) is 42.6 Å². The Balaban J connectivity index is 1.85. The molecule has 0 N–H and O–H groups in total. The Kier molecular flexibility index (Phi) is 7.73. The highest BCUT2D eigenvalue weighted by Gasteiger charge is 2.43. The molecule has 0 aliphatic heterocycles. The van der Waals surface area contributed by atoms with Crippen LogP contribution in [0.25, 0.3) is 21.0 Å². The molecule has 3 aromatic heterocycles. The number of aromatic nitrogens is 1. The summed E-state index contributed by atoms with van der Waals surface area (Å²) < 4.78 is 35.3.